The van der Waals surface area contributed by atoms with Crippen LogP contribution in [0, 0.1) is 0 Å². The smallest absolute Gasteiger partial charge is 0.226 e. The molecule has 1 N–H and O–H groups in total. The van der Waals surface area contributed by atoms with Gasteiger partial charge in [-0.25, -0.2) is 0 Å². The summed E-state index contributed by atoms with van der Waals surface area (Å²) in [7, 11) is 0. The number of rotatable bonds is 4. The fourth-order valence-electron chi connectivity index (χ4n) is 2.01. The summed E-state index contributed by atoms with van der Waals surface area (Å²) in [5.41, 5.74) is 0. The van der Waals surface area contributed by atoms with Gasteiger partial charge < -0.3 is 9.52 Å². The van der Waals surface area contributed by atoms with Gasteiger partial charge in [0.1, 0.15) is 5.75 Å². The summed E-state index contributed by atoms with van der Waals surface area (Å²) in [5, 5.41) is 19.7. The van der Waals surface area contributed by atoms with Crippen LogP contribution in [0.25, 0.3) is 10.8 Å². The molecule has 3 aromatic rings. The average molecular weight is 286 g/mol. The summed E-state index contributed by atoms with van der Waals surface area (Å²) in [4.78, 5) is 1.09. The lowest BCUT2D eigenvalue weighted by Gasteiger charge is -2.06. The second-order valence-corrected chi connectivity index (χ2v) is 5.38. The van der Waals surface area contributed by atoms with Gasteiger partial charge in [-0.05, 0) is 17.5 Å². The van der Waals surface area contributed by atoms with Crippen molar-refractivity contribution in [2.45, 2.75) is 24.0 Å². The molecule has 0 amide bonds. The number of hydrogen-bond acceptors (Lipinski definition) is 5. The van der Waals surface area contributed by atoms with Crippen molar-refractivity contribution in [2.75, 3.05) is 0 Å². The van der Waals surface area contributed by atoms with Crippen molar-refractivity contribution in [2.24, 2.45) is 0 Å². The number of phenolic OH excluding ortho intramolecular Hbond substituents is 1. The van der Waals surface area contributed by atoms with Crippen LogP contribution >= 0.6 is 11.8 Å². The van der Waals surface area contributed by atoms with Crippen LogP contribution in [0.2, 0.25) is 0 Å². The van der Waals surface area contributed by atoms with Crippen molar-refractivity contribution in [1.82, 2.24) is 10.2 Å². The Labute approximate surface area is 120 Å². The molecule has 1 aromatic heterocycles. The maximum absolute atomic E-state index is 9.87. The summed E-state index contributed by atoms with van der Waals surface area (Å²) in [6.07, 6.45) is 0.750. The molecule has 4 nitrogen and oxygen atoms in total. The summed E-state index contributed by atoms with van der Waals surface area (Å²) in [6, 6.07) is 11.4. The topological polar surface area (TPSA) is 59.2 Å². The molecular formula is C15H14N2O2S. The van der Waals surface area contributed by atoms with Gasteiger partial charge >= 0.3 is 0 Å². The Balaban J connectivity index is 1.86. The first kappa shape index (κ1) is 13.0. The molecule has 0 aliphatic carbocycles. The molecule has 5 heteroatoms. The van der Waals surface area contributed by atoms with Crippen molar-refractivity contribution in [1.29, 1.82) is 0 Å². The molecule has 0 aliphatic rings. The Morgan fingerprint density at radius 1 is 1.05 bits per heavy atom. The number of fused-ring (bicyclic) bond motifs is 1. The average Bonchev–Trinajstić information content (AvgIpc) is 2.95. The van der Waals surface area contributed by atoms with Crippen LogP contribution in [-0.4, -0.2) is 15.3 Å². The summed E-state index contributed by atoms with van der Waals surface area (Å²) in [5.74, 6) is 2.22. The van der Waals surface area contributed by atoms with E-state index in [9.17, 15) is 5.11 Å². The minimum Gasteiger partial charge on any atom is -0.507 e. The van der Waals surface area contributed by atoms with E-state index in [0.717, 1.165) is 22.1 Å². The van der Waals surface area contributed by atoms with Crippen LogP contribution in [0.15, 0.2) is 45.7 Å². The van der Waals surface area contributed by atoms with E-state index >= 15 is 0 Å². The first-order chi connectivity index (χ1) is 9.78. The molecule has 0 saturated carbocycles. The number of phenols is 1. The molecule has 0 bridgehead atoms. The minimum absolute atomic E-state index is 0.302. The third-order valence-corrected chi connectivity index (χ3v) is 4.08. The number of nitrogens with zero attached hydrogens (tertiary/aromatic N) is 2. The number of hydrogen-bond donors (Lipinski definition) is 1. The number of thioether (sulfide) groups is 1. The highest BCUT2D eigenvalue weighted by molar-refractivity contribution is 7.98. The zero-order valence-corrected chi connectivity index (χ0v) is 11.9. The van der Waals surface area contributed by atoms with Gasteiger partial charge in [0, 0.05) is 16.7 Å². The quantitative estimate of drug-likeness (QED) is 0.739. The van der Waals surface area contributed by atoms with Gasteiger partial charge in [0.15, 0.2) is 0 Å². The van der Waals surface area contributed by atoms with E-state index in [2.05, 4.69) is 10.2 Å². The third-order valence-electron chi connectivity index (χ3n) is 3.02. The van der Waals surface area contributed by atoms with Gasteiger partial charge in [0.2, 0.25) is 11.8 Å². The summed E-state index contributed by atoms with van der Waals surface area (Å²) >= 11 is 1.63. The second-order valence-electron chi connectivity index (χ2n) is 4.36. The fraction of sp³-hybridized carbons (Fsp3) is 0.200. The van der Waals surface area contributed by atoms with Gasteiger partial charge in [-0.2, -0.15) is 0 Å². The highest BCUT2D eigenvalue weighted by atomic mass is 32.2. The Hall–Kier alpha value is -2.01. The largest absolute Gasteiger partial charge is 0.507 e. The van der Waals surface area contributed by atoms with Gasteiger partial charge in [0.05, 0.1) is 5.75 Å². The molecule has 0 unspecified atom stereocenters. The highest BCUT2D eigenvalue weighted by Gasteiger charge is 2.08. The monoisotopic (exact) mass is 286 g/mol. The molecule has 0 aliphatic heterocycles. The molecular weight excluding hydrogens is 272 g/mol. The number of aryl methyl sites for hydroxylation is 1. The minimum atomic E-state index is 0.302. The maximum atomic E-state index is 9.87. The SMILES string of the molecule is CCc1nnc(CSc2ccc(O)c3ccccc23)o1. The van der Waals surface area contributed by atoms with E-state index in [1.165, 1.54) is 0 Å². The van der Waals surface area contributed by atoms with E-state index in [0.29, 0.717) is 23.3 Å². The van der Waals surface area contributed by atoms with E-state index in [4.69, 9.17) is 4.42 Å². The fourth-order valence-corrected chi connectivity index (χ4v) is 2.90. The Bertz CT molecular complexity index is 740. The molecule has 0 radical (unpaired) electrons. The Kier molecular flexibility index (Phi) is 3.60. The van der Waals surface area contributed by atoms with Crippen molar-refractivity contribution >= 4 is 22.5 Å². The van der Waals surface area contributed by atoms with Crippen LogP contribution in [0.4, 0.5) is 0 Å². The van der Waals surface area contributed by atoms with Gasteiger partial charge in [-0.3, -0.25) is 0 Å². The van der Waals surface area contributed by atoms with Gasteiger partial charge in [0.25, 0.3) is 0 Å². The number of aromatic hydroxyl groups is 1. The molecule has 20 heavy (non-hydrogen) atoms. The molecule has 0 fully saturated rings. The summed E-state index contributed by atoms with van der Waals surface area (Å²) < 4.78 is 5.50. The van der Waals surface area contributed by atoms with Crippen molar-refractivity contribution in [3.05, 3.63) is 48.2 Å². The number of benzene rings is 2. The second kappa shape index (κ2) is 5.54. The van der Waals surface area contributed by atoms with E-state index in [1.54, 1.807) is 17.8 Å². The lowest BCUT2D eigenvalue weighted by molar-refractivity contribution is 0.470. The lowest BCUT2D eigenvalue weighted by Crippen LogP contribution is -1.83. The molecule has 2 aromatic carbocycles. The normalized spacial score (nSPS) is 11.1. The standard InChI is InChI=1S/C15H14N2O2S/c1-2-14-16-17-15(19-14)9-20-13-8-7-12(18)10-5-3-4-6-11(10)13/h3-8,18H,2,9H2,1H3. The molecule has 1 heterocycles. The van der Waals surface area contributed by atoms with Gasteiger partial charge in [-0.15, -0.1) is 22.0 Å². The van der Waals surface area contributed by atoms with Crippen molar-refractivity contribution in [3.8, 4) is 5.75 Å². The Morgan fingerprint density at radius 2 is 1.80 bits per heavy atom. The van der Waals surface area contributed by atoms with Crippen LogP contribution in [-0.2, 0) is 12.2 Å². The first-order valence-corrected chi connectivity index (χ1v) is 7.41. The predicted octanol–water partition coefficient (Wildman–Crippen LogP) is 3.78. The van der Waals surface area contributed by atoms with Gasteiger partial charge in [-0.1, -0.05) is 31.2 Å². The predicted molar refractivity (Wildman–Crippen MR) is 78.8 cm³/mol. The van der Waals surface area contributed by atoms with Crippen molar-refractivity contribution < 1.29 is 9.52 Å². The molecule has 0 spiro atoms. The van der Waals surface area contributed by atoms with E-state index in [-0.39, 0.29) is 0 Å². The maximum Gasteiger partial charge on any atom is 0.226 e. The molecule has 0 atom stereocenters. The van der Waals surface area contributed by atoms with Crippen LogP contribution in [0.1, 0.15) is 18.7 Å². The lowest BCUT2D eigenvalue weighted by atomic mass is 10.1. The van der Waals surface area contributed by atoms with Crippen LogP contribution < -0.4 is 0 Å². The molecule has 0 saturated heterocycles. The number of aromatic nitrogens is 2. The molecule has 3 rings (SSSR count). The molecule has 102 valence electrons. The summed E-state index contributed by atoms with van der Waals surface area (Å²) in [6.45, 7) is 1.98. The Morgan fingerprint density at radius 3 is 2.55 bits per heavy atom. The van der Waals surface area contributed by atoms with Crippen LogP contribution in [0.5, 0.6) is 5.75 Å². The zero-order valence-electron chi connectivity index (χ0n) is 11.0. The first-order valence-electron chi connectivity index (χ1n) is 6.42. The van der Waals surface area contributed by atoms with E-state index < -0.39 is 0 Å². The van der Waals surface area contributed by atoms with E-state index in [1.807, 2.05) is 37.3 Å². The zero-order chi connectivity index (χ0) is 13.9. The highest BCUT2D eigenvalue weighted by Crippen LogP contribution is 2.34. The van der Waals surface area contributed by atoms with Crippen LogP contribution in [0.3, 0.4) is 0 Å². The third kappa shape index (κ3) is 2.49. The van der Waals surface area contributed by atoms with Crippen molar-refractivity contribution in [3.63, 3.8) is 0 Å².